The fourth-order valence-corrected chi connectivity index (χ4v) is 2.04. The first-order valence-corrected chi connectivity index (χ1v) is 6.56. The van der Waals surface area contributed by atoms with Crippen molar-refractivity contribution in [2.75, 3.05) is 13.7 Å². The molecule has 2 rings (SSSR count). The van der Waals surface area contributed by atoms with E-state index in [1.165, 1.54) is 18.5 Å². The molecular weight excluding hydrogens is 257 g/mol. The summed E-state index contributed by atoms with van der Waals surface area (Å²) in [5.41, 5.74) is 1.91. The Morgan fingerprint density at radius 1 is 1.25 bits per heavy atom. The second-order valence-corrected chi connectivity index (χ2v) is 4.43. The summed E-state index contributed by atoms with van der Waals surface area (Å²) in [4.78, 5) is 8.30. The molecule has 0 aliphatic heterocycles. The highest BCUT2D eigenvalue weighted by Crippen LogP contribution is 2.19. The van der Waals surface area contributed by atoms with E-state index in [9.17, 15) is 4.39 Å². The van der Waals surface area contributed by atoms with Crippen LogP contribution in [0.25, 0.3) is 0 Å². The topological polar surface area (TPSA) is 47.0 Å². The highest BCUT2D eigenvalue weighted by atomic mass is 19.1. The normalized spacial score (nSPS) is 12.2. The van der Waals surface area contributed by atoms with Crippen molar-refractivity contribution in [1.29, 1.82) is 0 Å². The number of methoxy groups -OCH3 is 1. The maximum absolute atomic E-state index is 12.9. The molecule has 1 N–H and O–H groups in total. The van der Waals surface area contributed by atoms with Crippen LogP contribution < -0.4 is 10.1 Å². The summed E-state index contributed by atoms with van der Waals surface area (Å²) in [5, 5.41) is 3.37. The van der Waals surface area contributed by atoms with E-state index in [-0.39, 0.29) is 11.9 Å². The fourth-order valence-electron chi connectivity index (χ4n) is 2.04. The summed E-state index contributed by atoms with van der Waals surface area (Å²) in [5.74, 6) is 0.314. The van der Waals surface area contributed by atoms with Gasteiger partial charge in [-0.1, -0.05) is 19.1 Å². The minimum absolute atomic E-state index is 0.0439. The Morgan fingerprint density at radius 3 is 2.65 bits per heavy atom. The molecule has 0 radical (unpaired) electrons. The molecule has 1 unspecified atom stereocenters. The summed E-state index contributed by atoms with van der Waals surface area (Å²) >= 11 is 0. The lowest BCUT2D eigenvalue weighted by molar-refractivity contribution is 0.393. The van der Waals surface area contributed by atoms with Crippen LogP contribution in [-0.2, 0) is 6.42 Å². The zero-order valence-corrected chi connectivity index (χ0v) is 11.6. The van der Waals surface area contributed by atoms with Gasteiger partial charge in [0.05, 0.1) is 18.8 Å². The van der Waals surface area contributed by atoms with E-state index in [1.807, 2.05) is 13.0 Å². The van der Waals surface area contributed by atoms with E-state index in [0.717, 1.165) is 24.2 Å². The van der Waals surface area contributed by atoms with Crippen molar-refractivity contribution in [2.45, 2.75) is 19.4 Å². The van der Waals surface area contributed by atoms with Crippen LogP contribution in [-0.4, -0.2) is 23.6 Å². The number of hydrogen-bond donors (Lipinski definition) is 1. The third kappa shape index (κ3) is 3.74. The summed E-state index contributed by atoms with van der Waals surface area (Å²) in [6, 6.07) is 8.38. The molecule has 2 aromatic rings. The largest absolute Gasteiger partial charge is 0.481 e. The number of likely N-dealkylation sites (N-methyl/N-ethyl adjacent to an activating group) is 1. The molecule has 106 valence electrons. The maximum Gasteiger partial charge on any atom is 0.216 e. The maximum atomic E-state index is 12.9. The van der Waals surface area contributed by atoms with Gasteiger partial charge >= 0.3 is 0 Å². The lowest BCUT2D eigenvalue weighted by Gasteiger charge is -2.17. The van der Waals surface area contributed by atoms with Crippen LogP contribution in [0, 0.1) is 5.82 Å². The summed E-state index contributed by atoms with van der Waals surface area (Å²) in [7, 11) is 1.58. The van der Waals surface area contributed by atoms with Gasteiger partial charge in [-0.15, -0.1) is 0 Å². The van der Waals surface area contributed by atoms with Crippen LogP contribution in [0.3, 0.4) is 0 Å². The molecule has 0 bridgehead atoms. The van der Waals surface area contributed by atoms with E-state index < -0.39 is 0 Å². The summed E-state index contributed by atoms with van der Waals surface area (Å²) in [6.07, 6.45) is 2.22. The molecule has 0 spiro atoms. The average molecular weight is 275 g/mol. The minimum atomic E-state index is -0.225. The number of aromatic nitrogens is 2. The zero-order valence-electron chi connectivity index (χ0n) is 11.6. The van der Waals surface area contributed by atoms with Crippen molar-refractivity contribution in [2.24, 2.45) is 0 Å². The number of hydrogen-bond acceptors (Lipinski definition) is 4. The first-order valence-electron chi connectivity index (χ1n) is 6.56. The number of benzene rings is 1. The molecule has 1 atom stereocenters. The number of ether oxygens (including phenoxy) is 1. The van der Waals surface area contributed by atoms with Crippen molar-refractivity contribution in [1.82, 2.24) is 15.3 Å². The molecular formula is C15H18FN3O. The Morgan fingerprint density at radius 2 is 2.00 bits per heavy atom. The molecule has 0 saturated carbocycles. The number of nitrogens with zero attached hydrogens (tertiary/aromatic N) is 2. The lowest BCUT2D eigenvalue weighted by atomic mass is 10.0. The predicted octanol–water partition coefficient (Wildman–Crippen LogP) is 2.52. The molecule has 0 aliphatic carbocycles. The third-order valence-electron chi connectivity index (χ3n) is 3.03. The SMILES string of the molecule is CCNC(Cc1ccc(F)cc1)c1cc(OC)ncn1. The molecule has 0 fully saturated rings. The Kier molecular flexibility index (Phi) is 5.01. The summed E-state index contributed by atoms with van der Waals surface area (Å²) < 4.78 is 18.1. The molecule has 5 heteroatoms. The monoisotopic (exact) mass is 275 g/mol. The number of nitrogens with one attached hydrogen (secondary N) is 1. The Hall–Kier alpha value is -2.01. The van der Waals surface area contributed by atoms with Gasteiger partial charge in [0.2, 0.25) is 5.88 Å². The van der Waals surface area contributed by atoms with E-state index in [2.05, 4.69) is 15.3 Å². The standard InChI is InChI=1S/C15H18FN3O/c1-3-17-13(8-11-4-6-12(16)7-5-11)14-9-15(20-2)19-10-18-14/h4-7,9-10,13,17H,3,8H2,1-2H3. The van der Waals surface area contributed by atoms with Gasteiger partial charge < -0.3 is 10.1 Å². The van der Waals surface area contributed by atoms with Gasteiger partial charge in [-0.3, -0.25) is 0 Å². The Labute approximate surface area is 118 Å². The molecule has 1 aromatic carbocycles. The molecule has 1 heterocycles. The molecule has 4 nitrogen and oxygen atoms in total. The van der Waals surface area contributed by atoms with Crippen molar-refractivity contribution in [3.05, 3.63) is 53.7 Å². The second-order valence-electron chi connectivity index (χ2n) is 4.43. The van der Waals surface area contributed by atoms with Gasteiger partial charge in [0.15, 0.2) is 0 Å². The van der Waals surface area contributed by atoms with Gasteiger partial charge in [-0.25, -0.2) is 14.4 Å². The van der Waals surface area contributed by atoms with Gasteiger partial charge in [0.1, 0.15) is 12.1 Å². The van der Waals surface area contributed by atoms with Crippen LogP contribution in [0.15, 0.2) is 36.7 Å². The van der Waals surface area contributed by atoms with E-state index in [4.69, 9.17) is 4.74 Å². The Balaban J connectivity index is 2.19. The van der Waals surface area contributed by atoms with Crippen molar-refractivity contribution in [3.8, 4) is 5.88 Å². The number of rotatable bonds is 6. The minimum Gasteiger partial charge on any atom is -0.481 e. The first kappa shape index (κ1) is 14.4. The average Bonchev–Trinajstić information content (AvgIpc) is 2.49. The van der Waals surface area contributed by atoms with Crippen LogP contribution >= 0.6 is 0 Å². The third-order valence-corrected chi connectivity index (χ3v) is 3.03. The zero-order chi connectivity index (χ0) is 14.4. The van der Waals surface area contributed by atoms with Crippen molar-refractivity contribution < 1.29 is 9.13 Å². The Bertz CT molecular complexity index is 545. The van der Waals surface area contributed by atoms with Crippen LogP contribution in [0.5, 0.6) is 5.88 Å². The molecule has 0 saturated heterocycles. The van der Waals surface area contributed by atoms with Crippen LogP contribution in [0.1, 0.15) is 24.2 Å². The van der Waals surface area contributed by atoms with Gasteiger partial charge in [0.25, 0.3) is 0 Å². The fraction of sp³-hybridized carbons (Fsp3) is 0.333. The van der Waals surface area contributed by atoms with Gasteiger partial charge in [-0.2, -0.15) is 0 Å². The van der Waals surface area contributed by atoms with Gasteiger partial charge in [-0.05, 0) is 30.7 Å². The highest BCUT2D eigenvalue weighted by Gasteiger charge is 2.14. The molecule has 20 heavy (non-hydrogen) atoms. The van der Waals surface area contributed by atoms with Gasteiger partial charge in [0, 0.05) is 6.07 Å². The lowest BCUT2D eigenvalue weighted by Crippen LogP contribution is -2.24. The van der Waals surface area contributed by atoms with E-state index >= 15 is 0 Å². The summed E-state index contributed by atoms with van der Waals surface area (Å²) in [6.45, 7) is 2.86. The molecule has 0 aliphatic rings. The first-order chi connectivity index (χ1) is 9.72. The number of halogens is 1. The van der Waals surface area contributed by atoms with E-state index in [0.29, 0.717) is 5.88 Å². The van der Waals surface area contributed by atoms with Crippen molar-refractivity contribution >= 4 is 0 Å². The smallest absolute Gasteiger partial charge is 0.216 e. The highest BCUT2D eigenvalue weighted by molar-refractivity contribution is 5.22. The van der Waals surface area contributed by atoms with Crippen molar-refractivity contribution in [3.63, 3.8) is 0 Å². The predicted molar refractivity (Wildman–Crippen MR) is 75.1 cm³/mol. The van der Waals surface area contributed by atoms with E-state index in [1.54, 1.807) is 19.2 Å². The van der Waals surface area contributed by atoms with Crippen LogP contribution in [0.4, 0.5) is 4.39 Å². The quantitative estimate of drug-likeness (QED) is 0.880. The van der Waals surface area contributed by atoms with Crippen LogP contribution in [0.2, 0.25) is 0 Å². The second kappa shape index (κ2) is 6.96. The molecule has 1 aromatic heterocycles. The molecule has 0 amide bonds.